The van der Waals surface area contributed by atoms with E-state index in [1.165, 1.54) is 19.3 Å². The number of ether oxygens (including phenoxy) is 1. The van der Waals surface area contributed by atoms with Crippen LogP contribution < -0.4 is 5.73 Å². The molecule has 2 amide bonds. The lowest BCUT2D eigenvalue weighted by Gasteiger charge is -2.63. The molecule has 0 saturated heterocycles. The molecule has 3 fully saturated rings. The molecule has 0 aromatic heterocycles. The van der Waals surface area contributed by atoms with Crippen LogP contribution in [0.15, 0.2) is 0 Å². The van der Waals surface area contributed by atoms with Gasteiger partial charge in [0.1, 0.15) is 0 Å². The quantitative estimate of drug-likeness (QED) is 0.842. The Morgan fingerprint density at radius 2 is 1.78 bits per heavy atom. The maximum Gasteiger partial charge on any atom is 0.225 e. The summed E-state index contributed by atoms with van der Waals surface area (Å²) in [5, 5.41) is 0. The monoisotopic (exact) mass is 322 g/mol. The molecule has 0 radical (unpaired) electrons. The van der Waals surface area contributed by atoms with E-state index in [9.17, 15) is 9.59 Å². The fraction of sp³-hybridized carbons (Fsp3) is 0.889. The Bertz CT molecular complexity index is 467. The van der Waals surface area contributed by atoms with Crippen LogP contribution in [0.25, 0.3) is 0 Å². The van der Waals surface area contributed by atoms with Gasteiger partial charge in [0.25, 0.3) is 0 Å². The van der Waals surface area contributed by atoms with Gasteiger partial charge in [0.2, 0.25) is 11.8 Å². The summed E-state index contributed by atoms with van der Waals surface area (Å²) in [5.74, 6) is 0.0857. The maximum atomic E-state index is 12.9. The van der Waals surface area contributed by atoms with Crippen LogP contribution in [0, 0.1) is 17.3 Å². The zero-order valence-electron chi connectivity index (χ0n) is 14.4. The first-order valence-electron chi connectivity index (χ1n) is 9.17. The molecule has 2 unspecified atom stereocenters. The minimum atomic E-state index is -0.212. The van der Waals surface area contributed by atoms with Gasteiger partial charge < -0.3 is 15.4 Å². The summed E-state index contributed by atoms with van der Waals surface area (Å²) in [6.07, 6.45) is 8.07. The van der Waals surface area contributed by atoms with Crippen molar-refractivity contribution < 1.29 is 14.3 Å². The average molecular weight is 322 g/mol. The highest BCUT2D eigenvalue weighted by Gasteiger charge is 2.61. The van der Waals surface area contributed by atoms with Crippen LogP contribution in [0.4, 0.5) is 0 Å². The fourth-order valence-corrected chi connectivity index (χ4v) is 5.01. The first-order chi connectivity index (χ1) is 11.0. The van der Waals surface area contributed by atoms with Crippen molar-refractivity contribution in [1.82, 2.24) is 4.90 Å². The molecule has 0 aromatic carbocycles. The summed E-state index contributed by atoms with van der Waals surface area (Å²) in [6, 6.07) is 0.342. The number of nitrogens with zero attached hydrogens (tertiary/aromatic N) is 1. The Kier molecular flexibility index (Phi) is 4.68. The Hall–Kier alpha value is -1.10. The molecule has 3 rings (SSSR count). The molecule has 5 nitrogen and oxygen atoms in total. The molecular weight excluding hydrogens is 292 g/mol. The lowest BCUT2D eigenvalue weighted by Crippen LogP contribution is -2.68. The van der Waals surface area contributed by atoms with Gasteiger partial charge in [0.05, 0.1) is 6.10 Å². The van der Waals surface area contributed by atoms with Crippen LogP contribution in [0.1, 0.15) is 58.3 Å². The summed E-state index contributed by atoms with van der Waals surface area (Å²) in [6.45, 7) is 2.81. The van der Waals surface area contributed by atoms with Crippen molar-refractivity contribution in [2.24, 2.45) is 23.0 Å². The third-order valence-electron chi connectivity index (χ3n) is 6.69. The number of primary amides is 1. The smallest absolute Gasteiger partial charge is 0.225 e. The van der Waals surface area contributed by atoms with Crippen LogP contribution in [0.3, 0.4) is 0 Å². The topological polar surface area (TPSA) is 72.6 Å². The van der Waals surface area contributed by atoms with Crippen molar-refractivity contribution in [3.63, 3.8) is 0 Å². The number of hydrogen-bond acceptors (Lipinski definition) is 3. The van der Waals surface area contributed by atoms with Crippen LogP contribution in [-0.4, -0.2) is 42.5 Å². The van der Waals surface area contributed by atoms with E-state index < -0.39 is 0 Å². The number of hydrogen-bond donors (Lipinski definition) is 1. The van der Waals surface area contributed by atoms with Gasteiger partial charge in [-0.25, -0.2) is 0 Å². The third-order valence-corrected chi connectivity index (χ3v) is 6.69. The summed E-state index contributed by atoms with van der Waals surface area (Å²) in [5.41, 5.74) is 5.61. The van der Waals surface area contributed by atoms with E-state index in [2.05, 4.69) is 0 Å². The van der Waals surface area contributed by atoms with Gasteiger partial charge >= 0.3 is 0 Å². The van der Waals surface area contributed by atoms with Crippen molar-refractivity contribution >= 4 is 11.8 Å². The van der Waals surface area contributed by atoms with Gasteiger partial charge in [-0.1, -0.05) is 6.42 Å². The maximum absolute atomic E-state index is 12.9. The second kappa shape index (κ2) is 6.42. The molecule has 2 atom stereocenters. The molecule has 3 aliphatic carbocycles. The number of nitrogens with two attached hydrogens (primary N) is 1. The van der Waals surface area contributed by atoms with E-state index in [1.807, 2.05) is 18.9 Å². The molecule has 2 N–H and O–H groups in total. The minimum Gasteiger partial charge on any atom is -0.378 e. The van der Waals surface area contributed by atoms with E-state index >= 15 is 0 Å². The lowest BCUT2D eigenvalue weighted by molar-refractivity contribution is -0.204. The summed E-state index contributed by atoms with van der Waals surface area (Å²) >= 11 is 0. The molecule has 0 heterocycles. The predicted octanol–water partition coefficient (Wildman–Crippen LogP) is 2.08. The zero-order valence-corrected chi connectivity index (χ0v) is 14.4. The van der Waals surface area contributed by atoms with Crippen molar-refractivity contribution in [1.29, 1.82) is 0 Å². The molecule has 0 aliphatic heterocycles. The Balaban J connectivity index is 1.57. The molecule has 3 saturated carbocycles. The summed E-state index contributed by atoms with van der Waals surface area (Å²) < 4.78 is 5.89. The van der Waals surface area contributed by atoms with Crippen molar-refractivity contribution in [2.45, 2.75) is 70.4 Å². The lowest BCUT2D eigenvalue weighted by atomic mass is 9.50. The SMILES string of the molecule is CCOC1CC(N(C)C(=O)C2CCC(C(N)=O)CC2)C12CCC2. The highest BCUT2D eigenvalue weighted by Crippen LogP contribution is 2.59. The largest absolute Gasteiger partial charge is 0.378 e. The minimum absolute atomic E-state index is 0.0339. The third kappa shape index (κ3) is 2.77. The summed E-state index contributed by atoms with van der Waals surface area (Å²) in [4.78, 5) is 26.1. The normalized spacial score (nSPS) is 35.2. The fourth-order valence-electron chi connectivity index (χ4n) is 5.01. The van der Waals surface area contributed by atoms with E-state index in [0.717, 1.165) is 38.7 Å². The van der Waals surface area contributed by atoms with Crippen LogP contribution in [0.5, 0.6) is 0 Å². The second-order valence-corrected chi connectivity index (χ2v) is 7.68. The predicted molar refractivity (Wildman–Crippen MR) is 87.5 cm³/mol. The van der Waals surface area contributed by atoms with E-state index in [-0.39, 0.29) is 29.1 Å². The van der Waals surface area contributed by atoms with Crippen molar-refractivity contribution in [2.75, 3.05) is 13.7 Å². The van der Waals surface area contributed by atoms with Gasteiger partial charge in [-0.05, 0) is 51.9 Å². The highest BCUT2D eigenvalue weighted by atomic mass is 16.5. The van der Waals surface area contributed by atoms with E-state index in [4.69, 9.17) is 10.5 Å². The molecule has 1 spiro atoms. The van der Waals surface area contributed by atoms with E-state index in [0.29, 0.717) is 12.1 Å². The average Bonchev–Trinajstić information content (AvgIpc) is 2.48. The second-order valence-electron chi connectivity index (χ2n) is 7.68. The van der Waals surface area contributed by atoms with Crippen molar-refractivity contribution in [3.8, 4) is 0 Å². The number of carbonyl (C=O) groups excluding carboxylic acids is 2. The first kappa shape index (κ1) is 16.7. The van der Waals surface area contributed by atoms with Gasteiger partial charge in [0, 0.05) is 36.9 Å². The van der Waals surface area contributed by atoms with Crippen molar-refractivity contribution in [3.05, 3.63) is 0 Å². The van der Waals surface area contributed by atoms with E-state index in [1.54, 1.807) is 0 Å². The Morgan fingerprint density at radius 3 is 2.26 bits per heavy atom. The van der Waals surface area contributed by atoms with Gasteiger partial charge in [-0.15, -0.1) is 0 Å². The molecule has 3 aliphatic rings. The zero-order chi connectivity index (χ0) is 16.6. The molecular formula is C18H30N2O3. The van der Waals surface area contributed by atoms with Crippen LogP contribution in [0.2, 0.25) is 0 Å². The first-order valence-corrected chi connectivity index (χ1v) is 9.17. The van der Waals surface area contributed by atoms with Gasteiger partial charge in [0.15, 0.2) is 0 Å². The molecule has 5 heteroatoms. The standard InChI is InChI=1S/C18H30N2O3/c1-3-23-15-11-14(18(15)9-4-10-18)20(2)17(22)13-7-5-12(6-8-13)16(19)21/h12-15H,3-11H2,1-2H3,(H2,19,21). The highest BCUT2D eigenvalue weighted by molar-refractivity contribution is 5.80. The number of amides is 2. The Labute approximate surface area is 138 Å². The molecule has 23 heavy (non-hydrogen) atoms. The Morgan fingerprint density at radius 1 is 1.17 bits per heavy atom. The molecule has 130 valence electrons. The number of carbonyl (C=O) groups is 2. The van der Waals surface area contributed by atoms with Gasteiger partial charge in [-0.2, -0.15) is 0 Å². The molecule has 0 bridgehead atoms. The van der Waals surface area contributed by atoms with Gasteiger partial charge in [-0.3, -0.25) is 9.59 Å². The molecule has 0 aromatic rings. The number of rotatable bonds is 5. The summed E-state index contributed by atoms with van der Waals surface area (Å²) in [7, 11) is 1.97. The van der Waals surface area contributed by atoms with Crippen LogP contribution >= 0.6 is 0 Å². The van der Waals surface area contributed by atoms with Crippen LogP contribution in [-0.2, 0) is 14.3 Å².